The number of nitrogens with two attached hydrogens (primary N) is 1. The van der Waals surface area contributed by atoms with Gasteiger partial charge in [0.2, 0.25) is 0 Å². The lowest BCUT2D eigenvalue weighted by molar-refractivity contribution is 1.39. The Morgan fingerprint density at radius 3 is 2.89 bits per heavy atom. The SMILES string of the molecule is Cc1c(Br)cccc1-c1nc2ccc(N)cc2s1. The van der Waals surface area contributed by atoms with Crippen LogP contribution in [0.1, 0.15) is 5.56 Å². The van der Waals surface area contributed by atoms with Crippen LogP contribution in [-0.2, 0) is 0 Å². The van der Waals surface area contributed by atoms with E-state index in [-0.39, 0.29) is 0 Å². The van der Waals surface area contributed by atoms with Crippen molar-refractivity contribution in [2.24, 2.45) is 0 Å². The lowest BCUT2D eigenvalue weighted by Gasteiger charge is -2.03. The van der Waals surface area contributed by atoms with Crippen molar-refractivity contribution in [1.82, 2.24) is 4.98 Å². The van der Waals surface area contributed by atoms with Gasteiger partial charge in [0.15, 0.2) is 0 Å². The van der Waals surface area contributed by atoms with Gasteiger partial charge in [-0.25, -0.2) is 4.98 Å². The minimum absolute atomic E-state index is 0.781. The molecule has 0 aliphatic heterocycles. The van der Waals surface area contributed by atoms with Crippen LogP contribution in [0.25, 0.3) is 20.8 Å². The maximum absolute atomic E-state index is 5.80. The van der Waals surface area contributed by atoms with E-state index in [2.05, 4.69) is 33.9 Å². The van der Waals surface area contributed by atoms with Crippen LogP contribution in [0.5, 0.6) is 0 Å². The second-order valence-electron chi connectivity index (χ2n) is 4.16. The zero-order chi connectivity index (χ0) is 12.7. The number of benzene rings is 2. The summed E-state index contributed by atoms with van der Waals surface area (Å²) < 4.78 is 2.24. The quantitative estimate of drug-likeness (QED) is 0.665. The Morgan fingerprint density at radius 1 is 1.22 bits per heavy atom. The van der Waals surface area contributed by atoms with Crippen molar-refractivity contribution in [3.8, 4) is 10.6 Å². The monoisotopic (exact) mass is 318 g/mol. The highest BCUT2D eigenvalue weighted by Crippen LogP contribution is 2.34. The molecule has 0 unspecified atom stereocenters. The molecule has 0 aliphatic carbocycles. The smallest absolute Gasteiger partial charge is 0.124 e. The minimum Gasteiger partial charge on any atom is -0.399 e. The fourth-order valence-corrected chi connectivity index (χ4v) is 3.36. The van der Waals surface area contributed by atoms with Crippen LogP contribution < -0.4 is 5.73 Å². The molecule has 0 fully saturated rings. The van der Waals surface area contributed by atoms with Crippen LogP contribution in [0.3, 0.4) is 0 Å². The summed E-state index contributed by atoms with van der Waals surface area (Å²) in [6.45, 7) is 2.10. The Balaban J connectivity index is 2.22. The third-order valence-corrected chi connectivity index (χ3v) is 4.82. The van der Waals surface area contributed by atoms with Crippen LogP contribution in [0, 0.1) is 6.92 Å². The average molecular weight is 319 g/mol. The molecular formula is C14H11BrN2S. The number of hydrogen-bond donors (Lipinski definition) is 1. The normalized spacial score (nSPS) is 11.0. The number of fused-ring (bicyclic) bond motifs is 1. The lowest BCUT2D eigenvalue weighted by Crippen LogP contribution is -1.83. The molecule has 18 heavy (non-hydrogen) atoms. The summed E-state index contributed by atoms with van der Waals surface area (Å²) in [5.41, 5.74) is 9.96. The second kappa shape index (κ2) is 4.37. The summed E-state index contributed by atoms with van der Waals surface area (Å²) in [6, 6.07) is 12.0. The maximum atomic E-state index is 5.80. The molecular weight excluding hydrogens is 308 g/mol. The molecule has 3 rings (SSSR count). The van der Waals surface area contributed by atoms with E-state index in [1.54, 1.807) is 11.3 Å². The van der Waals surface area contributed by atoms with Gasteiger partial charge in [0.25, 0.3) is 0 Å². The van der Waals surface area contributed by atoms with Gasteiger partial charge in [0.1, 0.15) is 5.01 Å². The van der Waals surface area contributed by atoms with E-state index in [0.29, 0.717) is 0 Å². The molecule has 0 bridgehead atoms. The van der Waals surface area contributed by atoms with E-state index in [9.17, 15) is 0 Å². The van der Waals surface area contributed by atoms with Crippen LogP contribution in [0.15, 0.2) is 40.9 Å². The van der Waals surface area contributed by atoms with Crippen molar-refractivity contribution in [3.63, 3.8) is 0 Å². The van der Waals surface area contributed by atoms with E-state index in [4.69, 9.17) is 5.73 Å². The van der Waals surface area contributed by atoms with Crippen molar-refractivity contribution in [3.05, 3.63) is 46.4 Å². The molecule has 4 heteroatoms. The van der Waals surface area contributed by atoms with Gasteiger partial charge in [-0.15, -0.1) is 11.3 Å². The molecule has 0 saturated heterocycles. The summed E-state index contributed by atoms with van der Waals surface area (Å²) in [7, 11) is 0. The first-order valence-electron chi connectivity index (χ1n) is 5.57. The fourth-order valence-electron chi connectivity index (χ4n) is 1.90. The van der Waals surface area contributed by atoms with E-state index in [1.165, 1.54) is 11.1 Å². The molecule has 90 valence electrons. The van der Waals surface area contributed by atoms with Crippen molar-refractivity contribution in [1.29, 1.82) is 0 Å². The number of halogens is 1. The molecule has 0 saturated carbocycles. The van der Waals surface area contributed by atoms with Crippen molar-refractivity contribution in [2.45, 2.75) is 6.92 Å². The largest absolute Gasteiger partial charge is 0.399 e. The summed E-state index contributed by atoms with van der Waals surface area (Å²) >= 11 is 5.23. The van der Waals surface area contributed by atoms with Crippen LogP contribution >= 0.6 is 27.3 Å². The Labute approximate surface area is 118 Å². The summed E-state index contributed by atoms with van der Waals surface area (Å²) in [4.78, 5) is 4.67. The van der Waals surface area contributed by atoms with E-state index < -0.39 is 0 Å². The predicted molar refractivity (Wildman–Crippen MR) is 81.9 cm³/mol. The number of thiazole rings is 1. The fraction of sp³-hybridized carbons (Fsp3) is 0.0714. The van der Waals surface area contributed by atoms with Gasteiger partial charge in [-0.2, -0.15) is 0 Å². The molecule has 0 amide bonds. The van der Waals surface area contributed by atoms with E-state index in [0.717, 1.165) is 25.4 Å². The molecule has 2 nitrogen and oxygen atoms in total. The van der Waals surface area contributed by atoms with Crippen LogP contribution in [0.4, 0.5) is 5.69 Å². The number of nitrogen functional groups attached to an aromatic ring is 1. The van der Waals surface area contributed by atoms with Gasteiger partial charge >= 0.3 is 0 Å². The van der Waals surface area contributed by atoms with Gasteiger partial charge in [-0.05, 0) is 36.8 Å². The molecule has 0 atom stereocenters. The lowest BCUT2D eigenvalue weighted by atomic mass is 10.1. The molecule has 2 aromatic carbocycles. The van der Waals surface area contributed by atoms with Gasteiger partial charge in [0.05, 0.1) is 10.2 Å². The number of aromatic nitrogens is 1. The summed E-state index contributed by atoms with van der Waals surface area (Å²) in [6.07, 6.45) is 0. The Bertz CT molecular complexity index is 734. The first-order valence-corrected chi connectivity index (χ1v) is 7.17. The Morgan fingerprint density at radius 2 is 2.06 bits per heavy atom. The van der Waals surface area contributed by atoms with E-state index in [1.807, 2.05) is 30.3 Å². The zero-order valence-electron chi connectivity index (χ0n) is 9.77. The van der Waals surface area contributed by atoms with Crippen molar-refractivity contribution < 1.29 is 0 Å². The van der Waals surface area contributed by atoms with Gasteiger partial charge < -0.3 is 5.73 Å². The third kappa shape index (κ3) is 1.91. The average Bonchev–Trinajstić information content (AvgIpc) is 2.75. The summed E-state index contributed by atoms with van der Waals surface area (Å²) in [5, 5.41) is 1.04. The highest BCUT2D eigenvalue weighted by atomic mass is 79.9. The van der Waals surface area contributed by atoms with Crippen molar-refractivity contribution in [2.75, 3.05) is 5.73 Å². The molecule has 1 aromatic heterocycles. The number of hydrogen-bond acceptors (Lipinski definition) is 3. The third-order valence-electron chi connectivity index (χ3n) is 2.91. The molecule has 2 N–H and O–H groups in total. The highest BCUT2D eigenvalue weighted by molar-refractivity contribution is 9.10. The molecule has 1 heterocycles. The Kier molecular flexibility index (Phi) is 2.84. The van der Waals surface area contributed by atoms with Crippen molar-refractivity contribution >= 4 is 43.2 Å². The molecule has 0 spiro atoms. The van der Waals surface area contributed by atoms with Crippen LogP contribution in [0.2, 0.25) is 0 Å². The number of nitrogens with zero attached hydrogens (tertiary/aromatic N) is 1. The molecule has 0 radical (unpaired) electrons. The molecule has 0 aliphatic rings. The Hall–Kier alpha value is -1.39. The van der Waals surface area contributed by atoms with Gasteiger partial charge in [0, 0.05) is 15.7 Å². The first kappa shape index (κ1) is 11.7. The van der Waals surface area contributed by atoms with E-state index >= 15 is 0 Å². The predicted octanol–water partition coefficient (Wildman–Crippen LogP) is 4.62. The molecule has 3 aromatic rings. The number of anilines is 1. The topological polar surface area (TPSA) is 38.9 Å². The second-order valence-corrected chi connectivity index (χ2v) is 6.04. The van der Waals surface area contributed by atoms with Gasteiger partial charge in [-0.1, -0.05) is 28.1 Å². The minimum atomic E-state index is 0.781. The number of rotatable bonds is 1. The maximum Gasteiger partial charge on any atom is 0.124 e. The summed E-state index contributed by atoms with van der Waals surface area (Å²) in [5.74, 6) is 0. The van der Waals surface area contributed by atoms with Gasteiger partial charge in [-0.3, -0.25) is 0 Å². The zero-order valence-corrected chi connectivity index (χ0v) is 12.2. The highest BCUT2D eigenvalue weighted by Gasteiger charge is 2.10. The van der Waals surface area contributed by atoms with Crippen LogP contribution in [-0.4, -0.2) is 4.98 Å². The standard InChI is InChI=1S/C14H11BrN2S/c1-8-10(3-2-4-11(8)15)14-17-12-6-5-9(16)7-13(12)18-14/h2-7H,16H2,1H3. The first-order chi connectivity index (χ1) is 8.65.